The molecular weight excluding hydrogens is 252 g/mol. The summed E-state index contributed by atoms with van der Waals surface area (Å²) in [5.74, 6) is 3.61. The number of nitrogens with zero attached hydrogens (tertiary/aromatic N) is 1. The van der Waals surface area contributed by atoms with Gasteiger partial charge in [-0.25, -0.2) is 0 Å². The minimum Gasteiger partial charge on any atom is -0.382 e. The molecular formula is C16H20N2O2. The molecule has 0 aliphatic heterocycles. The number of nitro benzene ring substituents is 1. The molecule has 5 atom stereocenters. The highest BCUT2D eigenvalue weighted by molar-refractivity contribution is 5.52. The summed E-state index contributed by atoms with van der Waals surface area (Å²) >= 11 is 0. The maximum Gasteiger partial charge on any atom is 0.271 e. The number of fused-ring (bicyclic) bond motifs is 5. The number of benzene rings is 1. The van der Waals surface area contributed by atoms with Gasteiger partial charge in [0.1, 0.15) is 0 Å². The molecule has 3 fully saturated rings. The normalized spacial score (nSPS) is 37.9. The van der Waals surface area contributed by atoms with E-state index in [1.807, 2.05) is 6.07 Å². The molecule has 0 radical (unpaired) electrons. The summed E-state index contributed by atoms with van der Waals surface area (Å²) in [5.41, 5.74) is 1.09. The first-order valence-electron chi connectivity index (χ1n) is 7.73. The minimum absolute atomic E-state index is 0.178. The van der Waals surface area contributed by atoms with E-state index in [1.54, 1.807) is 18.2 Å². The van der Waals surface area contributed by atoms with Gasteiger partial charge in [0.05, 0.1) is 4.92 Å². The third-order valence-corrected chi connectivity index (χ3v) is 5.84. The second kappa shape index (κ2) is 4.47. The SMILES string of the molecule is O=[N+]([O-])c1cccc(NC2CC3CC2C2CCCC32)c1. The molecule has 0 amide bonds. The maximum atomic E-state index is 10.8. The molecule has 3 aliphatic rings. The molecule has 5 unspecified atom stereocenters. The molecule has 106 valence electrons. The molecule has 4 heteroatoms. The first-order chi connectivity index (χ1) is 9.72. The lowest BCUT2D eigenvalue weighted by Gasteiger charge is -2.32. The zero-order chi connectivity index (χ0) is 13.7. The van der Waals surface area contributed by atoms with Gasteiger partial charge in [0.2, 0.25) is 0 Å². The summed E-state index contributed by atoms with van der Waals surface area (Å²) in [6.45, 7) is 0. The van der Waals surface area contributed by atoms with Crippen LogP contribution in [0.1, 0.15) is 32.1 Å². The number of hydrogen-bond donors (Lipinski definition) is 1. The highest BCUT2D eigenvalue weighted by Crippen LogP contribution is 2.59. The Kier molecular flexibility index (Phi) is 2.72. The van der Waals surface area contributed by atoms with Crippen LogP contribution in [-0.2, 0) is 0 Å². The predicted molar refractivity (Wildman–Crippen MR) is 77.6 cm³/mol. The molecule has 0 heterocycles. The van der Waals surface area contributed by atoms with E-state index in [9.17, 15) is 10.1 Å². The first-order valence-corrected chi connectivity index (χ1v) is 7.73. The van der Waals surface area contributed by atoms with Crippen LogP contribution in [0.5, 0.6) is 0 Å². The molecule has 20 heavy (non-hydrogen) atoms. The van der Waals surface area contributed by atoms with Gasteiger partial charge >= 0.3 is 0 Å². The van der Waals surface area contributed by atoms with Gasteiger partial charge in [0.25, 0.3) is 5.69 Å². The summed E-state index contributed by atoms with van der Waals surface area (Å²) in [6.07, 6.45) is 6.89. The Bertz CT molecular complexity index is 545. The fourth-order valence-corrected chi connectivity index (χ4v) is 5.16. The molecule has 1 aromatic rings. The van der Waals surface area contributed by atoms with Crippen LogP contribution in [0.15, 0.2) is 24.3 Å². The zero-order valence-electron chi connectivity index (χ0n) is 11.5. The van der Waals surface area contributed by atoms with Crippen molar-refractivity contribution in [2.45, 2.75) is 38.1 Å². The second-order valence-corrected chi connectivity index (χ2v) is 6.71. The van der Waals surface area contributed by atoms with Crippen LogP contribution >= 0.6 is 0 Å². The molecule has 0 spiro atoms. The van der Waals surface area contributed by atoms with Gasteiger partial charge in [-0.3, -0.25) is 10.1 Å². The van der Waals surface area contributed by atoms with E-state index in [1.165, 1.54) is 32.1 Å². The average Bonchev–Trinajstić information content (AvgIpc) is 3.10. The lowest BCUT2D eigenvalue weighted by molar-refractivity contribution is -0.384. The van der Waals surface area contributed by atoms with E-state index in [4.69, 9.17) is 0 Å². The smallest absolute Gasteiger partial charge is 0.271 e. The summed E-state index contributed by atoms with van der Waals surface area (Å²) in [5, 5.41) is 14.4. The van der Waals surface area contributed by atoms with Crippen molar-refractivity contribution in [3.63, 3.8) is 0 Å². The Morgan fingerprint density at radius 1 is 1.15 bits per heavy atom. The third-order valence-electron chi connectivity index (χ3n) is 5.84. The predicted octanol–water partition coefficient (Wildman–Crippen LogP) is 3.83. The molecule has 3 aliphatic carbocycles. The molecule has 4 rings (SSSR count). The number of anilines is 1. The Hall–Kier alpha value is -1.58. The number of rotatable bonds is 3. The molecule has 0 saturated heterocycles. The number of hydrogen-bond acceptors (Lipinski definition) is 3. The number of nitrogens with one attached hydrogen (secondary N) is 1. The largest absolute Gasteiger partial charge is 0.382 e. The monoisotopic (exact) mass is 272 g/mol. The highest BCUT2D eigenvalue weighted by Gasteiger charge is 2.53. The quantitative estimate of drug-likeness (QED) is 0.672. The van der Waals surface area contributed by atoms with Gasteiger partial charge in [0.15, 0.2) is 0 Å². The van der Waals surface area contributed by atoms with E-state index < -0.39 is 0 Å². The standard InChI is InChI=1S/C16H20N2O2/c19-18(20)12-4-1-3-11(9-12)17-16-8-10-7-15(16)14-6-2-5-13(10)14/h1,3-4,9-10,13-17H,2,5-8H2. The van der Waals surface area contributed by atoms with Gasteiger partial charge in [-0.15, -0.1) is 0 Å². The van der Waals surface area contributed by atoms with Crippen molar-refractivity contribution in [1.29, 1.82) is 0 Å². The third kappa shape index (κ3) is 1.81. The van der Waals surface area contributed by atoms with Crippen LogP contribution in [0.25, 0.3) is 0 Å². The zero-order valence-corrected chi connectivity index (χ0v) is 11.5. The van der Waals surface area contributed by atoms with Crippen molar-refractivity contribution in [3.8, 4) is 0 Å². The molecule has 1 aromatic carbocycles. The Morgan fingerprint density at radius 2 is 2.00 bits per heavy atom. The molecule has 0 aromatic heterocycles. The molecule has 1 N–H and O–H groups in total. The highest BCUT2D eigenvalue weighted by atomic mass is 16.6. The second-order valence-electron chi connectivity index (χ2n) is 6.71. The average molecular weight is 272 g/mol. The lowest BCUT2D eigenvalue weighted by atomic mass is 9.79. The van der Waals surface area contributed by atoms with E-state index >= 15 is 0 Å². The van der Waals surface area contributed by atoms with Gasteiger partial charge in [-0.1, -0.05) is 12.5 Å². The van der Waals surface area contributed by atoms with Crippen molar-refractivity contribution >= 4 is 11.4 Å². The summed E-state index contributed by atoms with van der Waals surface area (Å²) < 4.78 is 0. The van der Waals surface area contributed by atoms with Crippen LogP contribution < -0.4 is 5.32 Å². The minimum atomic E-state index is -0.320. The van der Waals surface area contributed by atoms with Crippen LogP contribution in [0.2, 0.25) is 0 Å². The van der Waals surface area contributed by atoms with Crippen molar-refractivity contribution in [2.24, 2.45) is 23.7 Å². The van der Waals surface area contributed by atoms with E-state index in [0.717, 1.165) is 29.4 Å². The Labute approximate surface area is 118 Å². The van der Waals surface area contributed by atoms with Crippen LogP contribution in [0.3, 0.4) is 0 Å². The van der Waals surface area contributed by atoms with Crippen molar-refractivity contribution < 1.29 is 4.92 Å². The summed E-state index contributed by atoms with van der Waals surface area (Å²) in [6, 6.07) is 7.47. The van der Waals surface area contributed by atoms with E-state index in [-0.39, 0.29) is 10.6 Å². The molecule has 3 saturated carbocycles. The van der Waals surface area contributed by atoms with Gasteiger partial charge in [-0.2, -0.15) is 0 Å². The summed E-state index contributed by atoms with van der Waals surface area (Å²) in [4.78, 5) is 10.5. The van der Waals surface area contributed by atoms with Gasteiger partial charge in [0, 0.05) is 23.9 Å². The Balaban J connectivity index is 1.50. The maximum absolute atomic E-state index is 10.8. The van der Waals surface area contributed by atoms with E-state index in [2.05, 4.69) is 5.32 Å². The summed E-state index contributed by atoms with van der Waals surface area (Å²) in [7, 11) is 0. The van der Waals surface area contributed by atoms with Crippen LogP contribution in [-0.4, -0.2) is 11.0 Å². The van der Waals surface area contributed by atoms with Crippen molar-refractivity contribution in [1.82, 2.24) is 0 Å². The molecule has 4 nitrogen and oxygen atoms in total. The molecule has 2 bridgehead atoms. The Morgan fingerprint density at radius 3 is 2.85 bits per heavy atom. The number of non-ortho nitro benzene ring substituents is 1. The van der Waals surface area contributed by atoms with Gasteiger partial charge < -0.3 is 5.32 Å². The van der Waals surface area contributed by atoms with Crippen molar-refractivity contribution in [3.05, 3.63) is 34.4 Å². The van der Waals surface area contributed by atoms with E-state index in [0.29, 0.717) is 6.04 Å². The van der Waals surface area contributed by atoms with Crippen molar-refractivity contribution in [2.75, 3.05) is 5.32 Å². The van der Waals surface area contributed by atoms with Crippen LogP contribution in [0.4, 0.5) is 11.4 Å². The fourth-order valence-electron chi connectivity index (χ4n) is 5.16. The first kappa shape index (κ1) is 12.2. The lowest BCUT2D eigenvalue weighted by Crippen LogP contribution is -2.33. The van der Waals surface area contributed by atoms with Crippen LogP contribution in [0, 0.1) is 33.8 Å². The fraction of sp³-hybridized carbons (Fsp3) is 0.625. The number of nitro groups is 1. The topological polar surface area (TPSA) is 55.2 Å². The van der Waals surface area contributed by atoms with Gasteiger partial charge in [-0.05, 0) is 55.4 Å².